The van der Waals surface area contributed by atoms with Gasteiger partial charge in [0.25, 0.3) is 5.91 Å². The number of benzene rings is 3. The van der Waals surface area contributed by atoms with Gasteiger partial charge in [-0.05, 0) is 41.8 Å². The van der Waals surface area contributed by atoms with E-state index < -0.39 is 11.7 Å². The Labute approximate surface area is 155 Å². The highest BCUT2D eigenvalue weighted by Gasteiger charge is 2.30. The van der Waals surface area contributed by atoms with Crippen LogP contribution in [0.2, 0.25) is 0 Å². The van der Waals surface area contributed by atoms with Crippen molar-refractivity contribution in [3.63, 3.8) is 0 Å². The van der Waals surface area contributed by atoms with Crippen LogP contribution in [0, 0.1) is 6.92 Å². The summed E-state index contributed by atoms with van der Waals surface area (Å²) in [7, 11) is 0. The van der Waals surface area contributed by atoms with Crippen LogP contribution in [0.4, 0.5) is 13.2 Å². The summed E-state index contributed by atoms with van der Waals surface area (Å²) >= 11 is 0. The Bertz CT molecular complexity index is 949. The number of carbonyl (C=O) groups is 1. The second kappa shape index (κ2) is 7.66. The number of amides is 1. The Morgan fingerprint density at radius 3 is 2.30 bits per heavy atom. The van der Waals surface area contributed by atoms with Gasteiger partial charge in [-0.3, -0.25) is 4.79 Å². The van der Waals surface area contributed by atoms with Crippen LogP contribution >= 0.6 is 0 Å². The van der Waals surface area contributed by atoms with E-state index in [1.807, 2.05) is 42.5 Å². The van der Waals surface area contributed by atoms with Crippen molar-refractivity contribution in [2.24, 2.45) is 0 Å². The van der Waals surface area contributed by atoms with Gasteiger partial charge in [0.2, 0.25) is 0 Å². The Hall–Kier alpha value is -3.08. The summed E-state index contributed by atoms with van der Waals surface area (Å²) in [6.07, 6.45) is -4.41. The van der Waals surface area contributed by atoms with Crippen LogP contribution in [0.1, 0.15) is 27.0 Å². The molecule has 0 saturated carbocycles. The molecule has 3 rings (SSSR count). The summed E-state index contributed by atoms with van der Waals surface area (Å²) in [5.41, 5.74) is 2.35. The first kappa shape index (κ1) is 18.7. The summed E-state index contributed by atoms with van der Waals surface area (Å²) in [5.74, 6) is -0.329. The molecular formula is C22H18F3NO. The van der Waals surface area contributed by atoms with Gasteiger partial charge in [0.05, 0.1) is 5.56 Å². The number of hydrogen-bond donors (Lipinski definition) is 1. The lowest BCUT2D eigenvalue weighted by molar-refractivity contribution is -0.137. The zero-order chi connectivity index (χ0) is 19.4. The van der Waals surface area contributed by atoms with E-state index in [1.54, 1.807) is 25.1 Å². The molecule has 2 nitrogen and oxygen atoms in total. The molecule has 0 saturated heterocycles. The van der Waals surface area contributed by atoms with E-state index in [4.69, 9.17) is 0 Å². The largest absolute Gasteiger partial charge is 0.416 e. The highest BCUT2D eigenvalue weighted by molar-refractivity contribution is 6.00. The van der Waals surface area contributed by atoms with Gasteiger partial charge in [-0.2, -0.15) is 13.2 Å². The Balaban J connectivity index is 1.81. The van der Waals surface area contributed by atoms with Crippen LogP contribution in [-0.2, 0) is 12.7 Å². The molecule has 0 spiro atoms. The van der Waals surface area contributed by atoms with Crippen molar-refractivity contribution in [1.82, 2.24) is 5.32 Å². The fourth-order valence-corrected chi connectivity index (χ4v) is 2.96. The molecule has 0 aliphatic carbocycles. The number of alkyl halides is 3. The number of aryl methyl sites for hydroxylation is 1. The van der Waals surface area contributed by atoms with E-state index in [-0.39, 0.29) is 12.5 Å². The predicted octanol–water partition coefficient (Wildman–Crippen LogP) is 5.61. The van der Waals surface area contributed by atoms with Crippen molar-refractivity contribution in [1.29, 1.82) is 0 Å². The first-order valence-corrected chi connectivity index (χ1v) is 8.45. The molecule has 0 aliphatic heterocycles. The third kappa shape index (κ3) is 4.56. The molecule has 5 heteroatoms. The van der Waals surface area contributed by atoms with Crippen molar-refractivity contribution >= 4 is 5.91 Å². The Morgan fingerprint density at radius 2 is 1.59 bits per heavy atom. The zero-order valence-electron chi connectivity index (χ0n) is 14.7. The standard InChI is InChI=1S/C22H18F3NO/c1-15-11-16(13-18(12-15)22(23,24)25)14-26-21(27)20-10-6-5-9-19(20)17-7-3-2-4-8-17/h2-13H,14H2,1H3,(H,26,27). The van der Waals surface area contributed by atoms with Crippen LogP contribution < -0.4 is 5.32 Å². The van der Waals surface area contributed by atoms with Gasteiger partial charge in [-0.25, -0.2) is 0 Å². The smallest absolute Gasteiger partial charge is 0.348 e. The molecule has 0 aliphatic rings. The van der Waals surface area contributed by atoms with E-state index in [0.29, 0.717) is 16.7 Å². The van der Waals surface area contributed by atoms with E-state index in [1.165, 1.54) is 0 Å². The highest BCUT2D eigenvalue weighted by atomic mass is 19.4. The number of hydrogen-bond acceptors (Lipinski definition) is 1. The van der Waals surface area contributed by atoms with E-state index in [2.05, 4.69) is 5.32 Å². The van der Waals surface area contributed by atoms with Crippen LogP contribution in [0.25, 0.3) is 11.1 Å². The second-order valence-electron chi connectivity index (χ2n) is 6.30. The number of nitrogens with one attached hydrogen (secondary N) is 1. The number of rotatable bonds is 4. The molecule has 1 N–H and O–H groups in total. The minimum absolute atomic E-state index is 0.0206. The summed E-state index contributed by atoms with van der Waals surface area (Å²) in [6.45, 7) is 1.62. The minimum Gasteiger partial charge on any atom is -0.348 e. The van der Waals surface area contributed by atoms with Gasteiger partial charge in [0.15, 0.2) is 0 Å². The SMILES string of the molecule is Cc1cc(CNC(=O)c2ccccc2-c2ccccc2)cc(C(F)(F)F)c1. The van der Waals surface area contributed by atoms with Gasteiger partial charge >= 0.3 is 6.18 Å². The van der Waals surface area contributed by atoms with Crippen LogP contribution in [0.15, 0.2) is 72.8 Å². The third-order valence-corrected chi connectivity index (χ3v) is 4.17. The van der Waals surface area contributed by atoms with Crippen molar-refractivity contribution in [3.8, 4) is 11.1 Å². The summed E-state index contributed by atoms with van der Waals surface area (Å²) in [6, 6.07) is 20.4. The van der Waals surface area contributed by atoms with Gasteiger partial charge in [0, 0.05) is 12.1 Å². The van der Waals surface area contributed by atoms with Crippen molar-refractivity contribution in [3.05, 3.63) is 95.1 Å². The molecule has 0 fully saturated rings. The van der Waals surface area contributed by atoms with E-state index >= 15 is 0 Å². The topological polar surface area (TPSA) is 29.1 Å². The average molecular weight is 369 g/mol. The second-order valence-corrected chi connectivity index (χ2v) is 6.30. The number of carbonyl (C=O) groups excluding carboxylic acids is 1. The molecule has 3 aromatic rings. The zero-order valence-corrected chi connectivity index (χ0v) is 14.7. The molecule has 1 amide bonds. The molecule has 3 aromatic carbocycles. The lowest BCUT2D eigenvalue weighted by atomic mass is 9.99. The normalized spacial score (nSPS) is 11.3. The Morgan fingerprint density at radius 1 is 0.926 bits per heavy atom. The molecular weight excluding hydrogens is 351 g/mol. The molecule has 0 bridgehead atoms. The first-order chi connectivity index (χ1) is 12.8. The molecule has 0 atom stereocenters. The maximum atomic E-state index is 13.0. The van der Waals surface area contributed by atoms with Crippen molar-refractivity contribution in [2.75, 3.05) is 0 Å². The molecule has 27 heavy (non-hydrogen) atoms. The third-order valence-electron chi connectivity index (χ3n) is 4.17. The molecule has 0 heterocycles. The summed E-state index contributed by atoms with van der Waals surface area (Å²) < 4.78 is 38.9. The number of halogens is 3. The average Bonchev–Trinajstić information content (AvgIpc) is 2.66. The minimum atomic E-state index is -4.41. The van der Waals surface area contributed by atoms with Crippen LogP contribution in [0.5, 0.6) is 0 Å². The summed E-state index contributed by atoms with van der Waals surface area (Å²) in [4.78, 5) is 12.6. The van der Waals surface area contributed by atoms with Crippen molar-refractivity contribution < 1.29 is 18.0 Å². The lowest BCUT2D eigenvalue weighted by Crippen LogP contribution is -2.23. The molecule has 0 radical (unpaired) electrons. The van der Waals surface area contributed by atoms with Gasteiger partial charge < -0.3 is 5.32 Å². The van der Waals surface area contributed by atoms with Crippen molar-refractivity contribution in [2.45, 2.75) is 19.6 Å². The highest BCUT2D eigenvalue weighted by Crippen LogP contribution is 2.30. The lowest BCUT2D eigenvalue weighted by Gasteiger charge is -2.13. The molecule has 0 unspecified atom stereocenters. The van der Waals surface area contributed by atoms with Crippen LogP contribution in [-0.4, -0.2) is 5.91 Å². The summed E-state index contributed by atoms with van der Waals surface area (Å²) in [5, 5.41) is 2.73. The van der Waals surface area contributed by atoms with Gasteiger partial charge in [-0.1, -0.05) is 60.2 Å². The maximum Gasteiger partial charge on any atom is 0.416 e. The molecule has 0 aromatic heterocycles. The van der Waals surface area contributed by atoms with E-state index in [0.717, 1.165) is 23.3 Å². The Kier molecular flexibility index (Phi) is 5.31. The molecule has 138 valence electrons. The maximum absolute atomic E-state index is 13.0. The van der Waals surface area contributed by atoms with Crippen LogP contribution in [0.3, 0.4) is 0 Å². The van der Waals surface area contributed by atoms with Gasteiger partial charge in [-0.15, -0.1) is 0 Å². The fourth-order valence-electron chi connectivity index (χ4n) is 2.96. The fraction of sp³-hybridized carbons (Fsp3) is 0.136. The predicted molar refractivity (Wildman–Crippen MR) is 99.2 cm³/mol. The monoisotopic (exact) mass is 369 g/mol. The first-order valence-electron chi connectivity index (χ1n) is 8.45. The van der Waals surface area contributed by atoms with Gasteiger partial charge in [0.1, 0.15) is 0 Å². The van der Waals surface area contributed by atoms with E-state index in [9.17, 15) is 18.0 Å². The quantitative estimate of drug-likeness (QED) is 0.636.